The van der Waals surface area contributed by atoms with Crippen molar-refractivity contribution in [2.24, 2.45) is 0 Å². The second kappa shape index (κ2) is 10.8. The summed E-state index contributed by atoms with van der Waals surface area (Å²) in [7, 11) is 1.63. The van der Waals surface area contributed by atoms with Crippen molar-refractivity contribution in [3.05, 3.63) is 83.9 Å². The molecular weight excluding hydrogens is 378 g/mol. The highest BCUT2D eigenvalue weighted by atomic mass is 16.5. The van der Waals surface area contributed by atoms with Crippen LogP contribution in [0.4, 0.5) is 0 Å². The first-order valence-corrected chi connectivity index (χ1v) is 9.87. The highest BCUT2D eigenvalue weighted by Crippen LogP contribution is 2.22. The monoisotopic (exact) mass is 403 g/mol. The number of amides is 1. The fraction of sp³-hybridized carbons (Fsp3) is 0.200. The highest BCUT2D eigenvalue weighted by Gasteiger charge is 2.05. The predicted octanol–water partition coefficient (Wildman–Crippen LogP) is 4.15. The second-order valence-electron chi connectivity index (χ2n) is 6.85. The summed E-state index contributed by atoms with van der Waals surface area (Å²) in [5.74, 6) is -0.0542. The van der Waals surface area contributed by atoms with E-state index in [0.717, 1.165) is 34.9 Å². The molecule has 0 fully saturated rings. The van der Waals surface area contributed by atoms with Crippen LogP contribution in [0.3, 0.4) is 0 Å². The Balaban J connectivity index is 1.39. The molecular formula is C25H25NO4. The molecule has 1 amide bonds. The van der Waals surface area contributed by atoms with E-state index in [1.165, 1.54) is 11.6 Å². The molecule has 0 aliphatic heterocycles. The number of nitrogens with one attached hydrogen (secondary N) is 1. The Morgan fingerprint density at radius 2 is 1.73 bits per heavy atom. The third-order valence-corrected chi connectivity index (χ3v) is 4.64. The summed E-state index contributed by atoms with van der Waals surface area (Å²) in [4.78, 5) is 23.7. The average Bonchev–Trinajstić information content (AvgIpc) is 2.79. The Kier molecular flexibility index (Phi) is 7.61. The molecule has 0 aromatic heterocycles. The van der Waals surface area contributed by atoms with Gasteiger partial charge in [-0.3, -0.25) is 4.79 Å². The first-order valence-electron chi connectivity index (χ1n) is 9.87. The smallest absolute Gasteiger partial charge is 0.331 e. The molecule has 0 radical (unpaired) electrons. The van der Waals surface area contributed by atoms with E-state index in [4.69, 9.17) is 9.47 Å². The molecule has 5 heteroatoms. The summed E-state index contributed by atoms with van der Waals surface area (Å²) < 4.78 is 10.2. The van der Waals surface area contributed by atoms with E-state index in [1.807, 2.05) is 54.6 Å². The minimum atomic E-state index is -0.552. The molecule has 0 aliphatic rings. The van der Waals surface area contributed by atoms with Crippen molar-refractivity contribution < 1.29 is 19.1 Å². The summed E-state index contributed by atoms with van der Waals surface area (Å²) >= 11 is 0. The van der Waals surface area contributed by atoms with E-state index in [0.29, 0.717) is 6.54 Å². The number of rotatable bonds is 9. The number of hydrogen-bond donors (Lipinski definition) is 1. The van der Waals surface area contributed by atoms with Crippen molar-refractivity contribution >= 4 is 28.7 Å². The third kappa shape index (κ3) is 6.48. The van der Waals surface area contributed by atoms with Crippen LogP contribution < -0.4 is 10.1 Å². The lowest BCUT2D eigenvalue weighted by Crippen LogP contribution is -2.29. The minimum Gasteiger partial charge on any atom is -0.497 e. The van der Waals surface area contributed by atoms with Crippen LogP contribution in [0.2, 0.25) is 0 Å². The van der Waals surface area contributed by atoms with Gasteiger partial charge in [0.2, 0.25) is 0 Å². The standard InChI is InChI=1S/C25H25NO4/c1-29-23-13-12-21-16-20(9-11-22(21)17-23)10-14-25(28)30-18-24(27)26-15-5-8-19-6-3-2-4-7-19/h2-4,6-7,9-14,16-17H,5,8,15,18H2,1H3,(H,26,27)/b14-10+. The lowest BCUT2D eigenvalue weighted by Gasteiger charge is -2.06. The van der Waals surface area contributed by atoms with Crippen LogP contribution in [0.15, 0.2) is 72.8 Å². The Labute approximate surface area is 176 Å². The van der Waals surface area contributed by atoms with E-state index < -0.39 is 5.97 Å². The van der Waals surface area contributed by atoms with Gasteiger partial charge < -0.3 is 14.8 Å². The molecule has 0 saturated carbocycles. The molecule has 3 aromatic rings. The number of hydrogen-bond acceptors (Lipinski definition) is 4. The van der Waals surface area contributed by atoms with Crippen molar-refractivity contribution in [2.75, 3.05) is 20.3 Å². The van der Waals surface area contributed by atoms with Crippen LogP contribution in [0.25, 0.3) is 16.8 Å². The SMILES string of the molecule is COc1ccc2cc(/C=C/C(=O)OCC(=O)NCCCc3ccccc3)ccc2c1. The van der Waals surface area contributed by atoms with Gasteiger partial charge in [0, 0.05) is 12.6 Å². The molecule has 0 aliphatic carbocycles. The summed E-state index contributed by atoms with van der Waals surface area (Å²) in [5.41, 5.74) is 2.10. The fourth-order valence-corrected chi connectivity index (χ4v) is 3.04. The van der Waals surface area contributed by atoms with Gasteiger partial charge in [0.15, 0.2) is 6.61 Å². The Morgan fingerprint density at radius 1 is 0.967 bits per heavy atom. The van der Waals surface area contributed by atoms with Crippen LogP contribution in [0.1, 0.15) is 17.5 Å². The van der Waals surface area contributed by atoms with Gasteiger partial charge in [0.25, 0.3) is 5.91 Å². The van der Waals surface area contributed by atoms with Crippen molar-refractivity contribution in [2.45, 2.75) is 12.8 Å². The van der Waals surface area contributed by atoms with Crippen LogP contribution in [-0.4, -0.2) is 32.1 Å². The van der Waals surface area contributed by atoms with E-state index in [2.05, 4.69) is 17.4 Å². The topological polar surface area (TPSA) is 64.6 Å². The van der Waals surface area contributed by atoms with Gasteiger partial charge in [0.1, 0.15) is 5.75 Å². The molecule has 0 atom stereocenters. The molecule has 30 heavy (non-hydrogen) atoms. The maximum Gasteiger partial charge on any atom is 0.331 e. The van der Waals surface area contributed by atoms with Crippen LogP contribution in [0.5, 0.6) is 5.75 Å². The van der Waals surface area contributed by atoms with Crippen LogP contribution in [0, 0.1) is 0 Å². The first kappa shape index (κ1) is 21.1. The van der Waals surface area contributed by atoms with Gasteiger partial charge in [-0.25, -0.2) is 4.79 Å². The number of carbonyl (C=O) groups is 2. The zero-order valence-electron chi connectivity index (χ0n) is 17.0. The van der Waals surface area contributed by atoms with Crippen LogP contribution in [-0.2, 0) is 20.7 Å². The van der Waals surface area contributed by atoms with E-state index in [-0.39, 0.29) is 12.5 Å². The number of ether oxygens (including phenoxy) is 2. The lowest BCUT2D eigenvalue weighted by molar-refractivity contribution is -0.143. The Hall–Kier alpha value is -3.60. The van der Waals surface area contributed by atoms with Crippen molar-refractivity contribution in [3.63, 3.8) is 0 Å². The summed E-state index contributed by atoms with van der Waals surface area (Å²) in [6.45, 7) is 0.259. The largest absolute Gasteiger partial charge is 0.497 e. The number of methoxy groups -OCH3 is 1. The maximum absolute atomic E-state index is 11.9. The molecule has 0 spiro atoms. The number of esters is 1. The molecule has 0 unspecified atom stereocenters. The second-order valence-corrected chi connectivity index (χ2v) is 6.85. The van der Waals surface area contributed by atoms with Gasteiger partial charge in [0.05, 0.1) is 7.11 Å². The lowest BCUT2D eigenvalue weighted by atomic mass is 10.1. The molecule has 0 saturated heterocycles. The normalized spacial score (nSPS) is 10.8. The summed E-state index contributed by atoms with van der Waals surface area (Å²) in [6, 6.07) is 21.7. The van der Waals surface area contributed by atoms with E-state index in [1.54, 1.807) is 13.2 Å². The van der Waals surface area contributed by atoms with E-state index in [9.17, 15) is 9.59 Å². The number of benzene rings is 3. The highest BCUT2D eigenvalue weighted by molar-refractivity contribution is 5.91. The van der Waals surface area contributed by atoms with Gasteiger partial charge in [-0.15, -0.1) is 0 Å². The molecule has 0 bridgehead atoms. The van der Waals surface area contributed by atoms with Gasteiger partial charge in [-0.2, -0.15) is 0 Å². The first-order chi connectivity index (χ1) is 14.6. The number of aryl methyl sites for hydroxylation is 1. The van der Waals surface area contributed by atoms with Gasteiger partial charge in [-0.05, 0) is 59.0 Å². The third-order valence-electron chi connectivity index (χ3n) is 4.64. The fourth-order valence-electron chi connectivity index (χ4n) is 3.04. The zero-order valence-corrected chi connectivity index (χ0v) is 17.0. The molecule has 3 aromatic carbocycles. The van der Waals surface area contributed by atoms with Gasteiger partial charge in [-0.1, -0.05) is 48.5 Å². The van der Waals surface area contributed by atoms with Gasteiger partial charge >= 0.3 is 5.97 Å². The molecule has 0 heterocycles. The minimum absolute atomic E-state index is 0.286. The average molecular weight is 403 g/mol. The van der Waals surface area contributed by atoms with Crippen molar-refractivity contribution in [3.8, 4) is 5.75 Å². The van der Waals surface area contributed by atoms with E-state index >= 15 is 0 Å². The summed E-state index contributed by atoms with van der Waals surface area (Å²) in [5, 5.41) is 4.86. The number of fused-ring (bicyclic) bond motifs is 1. The molecule has 3 rings (SSSR count). The Morgan fingerprint density at radius 3 is 2.53 bits per heavy atom. The molecule has 5 nitrogen and oxygen atoms in total. The predicted molar refractivity (Wildman–Crippen MR) is 118 cm³/mol. The maximum atomic E-state index is 11.9. The zero-order chi connectivity index (χ0) is 21.2. The Bertz CT molecular complexity index is 1030. The quantitative estimate of drug-likeness (QED) is 0.331. The van der Waals surface area contributed by atoms with Crippen molar-refractivity contribution in [1.82, 2.24) is 5.32 Å². The van der Waals surface area contributed by atoms with Crippen molar-refractivity contribution in [1.29, 1.82) is 0 Å². The van der Waals surface area contributed by atoms with Crippen LogP contribution >= 0.6 is 0 Å². The number of carbonyl (C=O) groups excluding carboxylic acids is 2. The molecule has 1 N–H and O–H groups in total. The molecule has 154 valence electrons. The summed E-state index contributed by atoms with van der Waals surface area (Å²) in [6.07, 6.45) is 4.72.